The normalized spacial score (nSPS) is 20.5. The van der Waals surface area contributed by atoms with E-state index in [1.54, 1.807) is 11.3 Å². The third kappa shape index (κ3) is 1.69. The number of nitrogens with two attached hydrogens (primary N) is 1. The molecule has 1 aliphatic carbocycles. The molecule has 0 aliphatic heterocycles. The molecule has 0 radical (unpaired) electrons. The summed E-state index contributed by atoms with van der Waals surface area (Å²) in [5.74, 6) is 0.523. The number of carbonyl (C=O) groups excluding carboxylic acids is 1. The van der Waals surface area contributed by atoms with E-state index >= 15 is 0 Å². The highest BCUT2D eigenvalue weighted by atomic mass is 32.1. The summed E-state index contributed by atoms with van der Waals surface area (Å²) in [7, 11) is 0. The smallest absolute Gasteiger partial charge is 0.258 e. The maximum atomic E-state index is 11.0. The Kier molecular flexibility index (Phi) is 2.59. The van der Waals surface area contributed by atoms with Gasteiger partial charge in [-0.1, -0.05) is 13.3 Å². The van der Waals surface area contributed by atoms with E-state index in [1.807, 2.05) is 6.07 Å². The Labute approximate surface area is 88.1 Å². The molecule has 2 N–H and O–H groups in total. The number of fused-ring (bicyclic) bond motifs is 1. The van der Waals surface area contributed by atoms with Crippen molar-refractivity contribution in [2.45, 2.75) is 32.6 Å². The highest BCUT2D eigenvalue weighted by Crippen LogP contribution is 2.33. The van der Waals surface area contributed by atoms with Gasteiger partial charge in [0.1, 0.15) is 0 Å². The lowest BCUT2D eigenvalue weighted by molar-refractivity contribution is 0.100. The second-order valence-electron chi connectivity index (χ2n) is 3.94. The minimum atomic E-state index is -0.280. The van der Waals surface area contributed by atoms with Crippen molar-refractivity contribution in [3.8, 4) is 0 Å². The van der Waals surface area contributed by atoms with E-state index in [-0.39, 0.29) is 5.91 Å². The maximum Gasteiger partial charge on any atom is 0.258 e. The van der Waals surface area contributed by atoms with Crippen molar-refractivity contribution in [2.24, 2.45) is 11.7 Å². The molecule has 1 atom stereocenters. The summed E-state index contributed by atoms with van der Waals surface area (Å²) < 4.78 is 0. The predicted octanol–water partition coefficient (Wildman–Crippen LogP) is 2.36. The van der Waals surface area contributed by atoms with Crippen molar-refractivity contribution in [2.75, 3.05) is 0 Å². The highest BCUT2D eigenvalue weighted by molar-refractivity contribution is 7.14. The molecule has 1 aromatic rings. The van der Waals surface area contributed by atoms with Crippen LogP contribution in [0.25, 0.3) is 0 Å². The molecule has 2 nitrogen and oxygen atoms in total. The van der Waals surface area contributed by atoms with E-state index in [0.717, 1.165) is 23.6 Å². The van der Waals surface area contributed by atoms with Crippen molar-refractivity contribution in [1.82, 2.24) is 0 Å². The number of hydrogen-bond acceptors (Lipinski definition) is 2. The number of thiophene rings is 1. The molecule has 3 heteroatoms. The van der Waals surface area contributed by atoms with Crippen LogP contribution in [0, 0.1) is 5.92 Å². The third-order valence-corrected chi connectivity index (χ3v) is 4.26. The Morgan fingerprint density at radius 2 is 2.50 bits per heavy atom. The Morgan fingerprint density at radius 1 is 1.71 bits per heavy atom. The molecular formula is C11H15NOS. The number of carbonyl (C=O) groups is 1. The van der Waals surface area contributed by atoms with E-state index in [0.29, 0.717) is 0 Å². The van der Waals surface area contributed by atoms with Gasteiger partial charge >= 0.3 is 0 Å². The fraction of sp³-hybridized carbons (Fsp3) is 0.545. The molecule has 1 aromatic heterocycles. The van der Waals surface area contributed by atoms with Gasteiger partial charge in [-0.2, -0.15) is 0 Å². The van der Waals surface area contributed by atoms with Gasteiger partial charge in [0.25, 0.3) is 5.91 Å². The Morgan fingerprint density at radius 3 is 3.14 bits per heavy atom. The van der Waals surface area contributed by atoms with E-state index < -0.39 is 0 Å². The molecule has 0 saturated heterocycles. The summed E-state index contributed by atoms with van der Waals surface area (Å²) in [6, 6.07) is 1.99. The standard InChI is InChI=1S/C11H15NOS/c1-2-7-3-4-9-8(5-7)6-10(14-9)11(12)13/h6-7H,2-5H2,1H3,(H2,12,13). The first-order chi connectivity index (χ1) is 6.70. The van der Waals surface area contributed by atoms with Gasteiger partial charge in [-0.15, -0.1) is 11.3 Å². The highest BCUT2D eigenvalue weighted by Gasteiger charge is 2.20. The molecule has 0 spiro atoms. The lowest BCUT2D eigenvalue weighted by atomic mass is 9.87. The van der Waals surface area contributed by atoms with Gasteiger partial charge in [-0.25, -0.2) is 0 Å². The van der Waals surface area contributed by atoms with Crippen LogP contribution in [-0.2, 0) is 12.8 Å². The first-order valence-electron chi connectivity index (χ1n) is 5.12. The third-order valence-electron chi connectivity index (χ3n) is 3.01. The zero-order valence-electron chi connectivity index (χ0n) is 8.38. The molecule has 1 heterocycles. The Bertz CT molecular complexity index is 356. The summed E-state index contributed by atoms with van der Waals surface area (Å²) in [5, 5.41) is 0. The van der Waals surface area contributed by atoms with Gasteiger partial charge in [0, 0.05) is 4.88 Å². The van der Waals surface area contributed by atoms with Crippen molar-refractivity contribution in [1.29, 1.82) is 0 Å². The van der Waals surface area contributed by atoms with Gasteiger partial charge in [-0.05, 0) is 36.8 Å². The molecule has 76 valence electrons. The first kappa shape index (κ1) is 9.71. The quantitative estimate of drug-likeness (QED) is 0.798. The molecule has 2 rings (SSSR count). The number of rotatable bonds is 2. The average Bonchev–Trinajstić information content (AvgIpc) is 2.59. The maximum absolute atomic E-state index is 11.0. The second kappa shape index (κ2) is 3.73. The van der Waals surface area contributed by atoms with Gasteiger partial charge in [0.2, 0.25) is 0 Å². The minimum Gasteiger partial charge on any atom is -0.365 e. The summed E-state index contributed by atoms with van der Waals surface area (Å²) >= 11 is 1.58. The van der Waals surface area contributed by atoms with Gasteiger partial charge in [0.15, 0.2) is 0 Å². The Hall–Kier alpha value is -0.830. The van der Waals surface area contributed by atoms with Crippen LogP contribution in [0.15, 0.2) is 6.07 Å². The van der Waals surface area contributed by atoms with Crippen LogP contribution in [0.2, 0.25) is 0 Å². The lowest BCUT2D eigenvalue weighted by Crippen LogP contribution is -2.11. The zero-order valence-corrected chi connectivity index (χ0v) is 9.19. The summed E-state index contributed by atoms with van der Waals surface area (Å²) in [6.45, 7) is 2.23. The molecule has 0 aromatic carbocycles. The largest absolute Gasteiger partial charge is 0.365 e. The SMILES string of the molecule is CCC1CCc2sc(C(N)=O)cc2C1. The van der Waals surface area contributed by atoms with Gasteiger partial charge in [0.05, 0.1) is 4.88 Å². The molecule has 0 fully saturated rings. The summed E-state index contributed by atoms with van der Waals surface area (Å²) in [6.07, 6.45) is 4.77. The van der Waals surface area contributed by atoms with Gasteiger partial charge in [-0.3, -0.25) is 4.79 Å². The second-order valence-corrected chi connectivity index (χ2v) is 5.08. The van der Waals surface area contributed by atoms with Crippen molar-refractivity contribution in [3.63, 3.8) is 0 Å². The van der Waals surface area contributed by atoms with Crippen LogP contribution in [0.4, 0.5) is 0 Å². The van der Waals surface area contributed by atoms with Crippen molar-refractivity contribution < 1.29 is 4.79 Å². The van der Waals surface area contributed by atoms with E-state index in [4.69, 9.17) is 5.73 Å². The van der Waals surface area contributed by atoms with Crippen LogP contribution >= 0.6 is 11.3 Å². The Balaban J connectivity index is 2.25. The average molecular weight is 209 g/mol. The van der Waals surface area contributed by atoms with Crippen molar-refractivity contribution >= 4 is 17.2 Å². The predicted molar refractivity (Wildman–Crippen MR) is 58.6 cm³/mol. The van der Waals surface area contributed by atoms with Crippen LogP contribution in [0.1, 0.15) is 39.9 Å². The molecular weight excluding hydrogens is 194 g/mol. The van der Waals surface area contributed by atoms with Crippen LogP contribution in [0.5, 0.6) is 0 Å². The summed E-state index contributed by atoms with van der Waals surface area (Å²) in [4.78, 5) is 13.1. The lowest BCUT2D eigenvalue weighted by Gasteiger charge is -2.19. The van der Waals surface area contributed by atoms with E-state index in [1.165, 1.54) is 23.3 Å². The summed E-state index contributed by atoms with van der Waals surface area (Å²) in [5.41, 5.74) is 6.63. The molecule has 1 aliphatic rings. The molecule has 0 bridgehead atoms. The van der Waals surface area contributed by atoms with Crippen LogP contribution in [0.3, 0.4) is 0 Å². The number of aryl methyl sites for hydroxylation is 1. The molecule has 1 unspecified atom stereocenters. The van der Waals surface area contributed by atoms with E-state index in [2.05, 4.69) is 6.92 Å². The fourth-order valence-corrected chi connectivity index (χ4v) is 3.13. The topological polar surface area (TPSA) is 43.1 Å². The van der Waals surface area contributed by atoms with E-state index in [9.17, 15) is 4.79 Å². The monoisotopic (exact) mass is 209 g/mol. The molecule has 14 heavy (non-hydrogen) atoms. The number of amides is 1. The zero-order chi connectivity index (χ0) is 10.1. The minimum absolute atomic E-state index is 0.280. The molecule has 0 saturated carbocycles. The number of hydrogen-bond donors (Lipinski definition) is 1. The van der Waals surface area contributed by atoms with Crippen LogP contribution in [-0.4, -0.2) is 5.91 Å². The van der Waals surface area contributed by atoms with Crippen molar-refractivity contribution in [3.05, 3.63) is 21.4 Å². The first-order valence-corrected chi connectivity index (χ1v) is 5.93. The fourth-order valence-electron chi connectivity index (χ4n) is 2.07. The van der Waals surface area contributed by atoms with Gasteiger partial charge < -0.3 is 5.73 Å². The molecule has 1 amide bonds. The van der Waals surface area contributed by atoms with Crippen LogP contribution < -0.4 is 5.73 Å². The number of primary amides is 1.